The Labute approximate surface area is 127 Å². The van der Waals surface area contributed by atoms with Gasteiger partial charge in [-0.3, -0.25) is 0 Å². The Hall–Kier alpha value is -1.11. The zero-order valence-corrected chi connectivity index (χ0v) is 13.9. The quantitative estimate of drug-likeness (QED) is 0.843. The molecule has 0 bridgehead atoms. The largest absolute Gasteiger partial charge is 0.495 e. The minimum atomic E-state index is -3.61. The van der Waals surface area contributed by atoms with Gasteiger partial charge in [-0.25, -0.2) is 13.1 Å². The van der Waals surface area contributed by atoms with Gasteiger partial charge in [0.2, 0.25) is 10.0 Å². The van der Waals surface area contributed by atoms with Crippen LogP contribution in [0.1, 0.15) is 39.2 Å². The predicted octanol–water partition coefficient (Wildman–Crippen LogP) is 2.02. The number of benzene rings is 1. The van der Waals surface area contributed by atoms with Gasteiger partial charge in [-0.2, -0.15) is 0 Å². The molecule has 1 aromatic rings. The Balaban J connectivity index is 2.27. The second-order valence-electron chi connectivity index (χ2n) is 6.50. The van der Waals surface area contributed by atoms with Crippen LogP contribution in [0.5, 0.6) is 5.75 Å². The summed E-state index contributed by atoms with van der Waals surface area (Å²) in [6.07, 6.45) is 2.40. The molecule has 1 saturated carbocycles. The van der Waals surface area contributed by atoms with Crippen molar-refractivity contribution in [1.82, 2.24) is 10.0 Å². The summed E-state index contributed by atoms with van der Waals surface area (Å²) >= 11 is 0. The fraction of sp³-hybridized carbons (Fsp3) is 0.600. The van der Waals surface area contributed by atoms with Crippen LogP contribution in [0.25, 0.3) is 0 Å². The van der Waals surface area contributed by atoms with Crippen molar-refractivity contribution in [3.63, 3.8) is 0 Å². The van der Waals surface area contributed by atoms with Gasteiger partial charge in [-0.15, -0.1) is 0 Å². The van der Waals surface area contributed by atoms with E-state index in [1.54, 1.807) is 12.1 Å². The van der Waals surface area contributed by atoms with Crippen LogP contribution in [0.4, 0.5) is 0 Å². The van der Waals surface area contributed by atoms with Gasteiger partial charge in [0.15, 0.2) is 0 Å². The van der Waals surface area contributed by atoms with Gasteiger partial charge in [0.05, 0.1) is 7.11 Å². The van der Waals surface area contributed by atoms with Gasteiger partial charge in [-0.1, -0.05) is 6.07 Å². The number of nitrogens with one attached hydrogen (secondary N) is 2. The zero-order chi connectivity index (χ0) is 15.7. The van der Waals surface area contributed by atoms with Gasteiger partial charge in [-0.05, 0) is 51.3 Å². The summed E-state index contributed by atoms with van der Waals surface area (Å²) in [6, 6.07) is 5.87. The number of hydrogen-bond acceptors (Lipinski definition) is 4. The van der Waals surface area contributed by atoms with Crippen molar-refractivity contribution in [2.75, 3.05) is 7.11 Å². The van der Waals surface area contributed by atoms with Gasteiger partial charge < -0.3 is 10.1 Å². The molecule has 0 unspecified atom stereocenters. The number of ether oxygens (including phenoxy) is 1. The van der Waals surface area contributed by atoms with Gasteiger partial charge >= 0.3 is 0 Å². The van der Waals surface area contributed by atoms with Crippen LogP contribution < -0.4 is 14.8 Å². The summed E-state index contributed by atoms with van der Waals surface area (Å²) in [4.78, 5) is 0.190. The summed E-state index contributed by atoms with van der Waals surface area (Å²) in [6.45, 7) is 6.12. The highest BCUT2D eigenvalue weighted by atomic mass is 32.2. The fourth-order valence-corrected chi connectivity index (χ4v) is 3.69. The molecule has 0 radical (unpaired) electrons. The Morgan fingerprint density at radius 3 is 2.48 bits per heavy atom. The summed E-state index contributed by atoms with van der Waals surface area (Å²) in [7, 11) is -2.13. The number of sulfonamides is 1. The molecule has 21 heavy (non-hydrogen) atoms. The van der Waals surface area contributed by atoms with Crippen LogP contribution in [-0.2, 0) is 16.6 Å². The molecule has 0 aliphatic heterocycles. The van der Waals surface area contributed by atoms with E-state index in [-0.39, 0.29) is 4.90 Å². The van der Waals surface area contributed by atoms with Crippen LogP contribution in [0.15, 0.2) is 23.1 Å². The molecule has 0 heterocycles. The minimum absolute atomic E-state index is 0.190. The first-order chi connectivity index (χ1) is 9.71. The molecule has 1 aliphatic rings. The second-order valence-corrected chi connectivity index (χ2v) is 8.15. The van der Waals surface area contributed by atoms with Gasteiger partial charge in [0, 0.05) is 18.1 Å². The minimum Gasteiger partial charge on any atom is -0.495 e. The van der Waals surface area contributed by atoms with Crippen molar-refractivity contribution >= 4 is 10.0 Å². The molecule has 0 spiro atoms. The Morgan fingerprint density at radius 1 is 1.29 bits per heavy atom. The van der Waals surface area contributed by atoms with E-state index < -0.39 is 15.6 Å². The maximum Gasteiger partial charge on any atom is 0.244 e. The fourth-order valence-electron chi connectivity index (χ4n) is 2.05. The van der Waals surface area contributed by atoms with Crippen LogP contribution in [0.2, 0.25) is 0 Å². The molecule has 2 N–H and O–H groups in total. The molecular weight excluding hydrogens is 288 g/mol. The lowest BCUT2D eigenvalue weighted by Crippen LogP contribution is -2.40. The molecule has 0 saturated heterocycles. The van der Waals surface area contributed by atoms with Crippen molar-refractivity contribution in [2.24, 2.45) is 0 Å². The van der Waals surface area contributed by atoms with Crippen molar-refractivity contribution in [1.29, 1.82) is 0 Å². The molecule has 2 rings (SSSR count). The molecule has 1 aliphatic carbocycles. The summed E-state index contributed by atoms with van der Waals surface area (Å²) < 4.78 is 32.9. The molecule has 5 nitrogen and oxygen atoms in total. The van der Waals surface area contributed by atoms with E-state index in [2.05, 4.69) is 10.0 Å². The maximum atomic E-state index is 12.5. The Morgan fingerprint density at radius 2 is 1.95 bits per heavy atom. The molecular formula is C15H24N2O3S. The Kier molecular flexibility index (Phi) is 4.60. The molecule has 6 heteroatoms. The average molecular weight is 312 g/mol. The summed E-state index contributed by atoms with van der Waals surface area (Å²) in [5.41, 5.74) is 0.406. The van der Waals surface area contributed by atoms with Crippen LogP contribution >= 0.6 is 0 Å². The SMILES string of the molecule is COc1ccc(CNC2CC2)cc1S(=O)(=O)NC(C)(C)C. The first kappa shape index (κ1) is 16.3. The van der Waals surface area contributed by atoms with E-state index in [4.69, 9.17) is 4.74 Å². The van der Waals surface area contributed by atoms with Crippen LogP contribution in [0, 0.1) is 0 Å². The van der Waals surface area contributed by atoms with Gasteiger partial charge in [0.25, 0.3) is 0 Å². The zero-order valence-electron chi connectivity index (χ0n) is 13.1. The molecule has 1 aromatic carbocycles. The lowest BCUT2D eigenvalue weighted by atomic mass is 10.1. The monoisotopic (exact) mass is 312 g/mol. The standard InChI is InChI=1S/C15H24N2O3S/c1-15(2,3)17-21(18,19)14-9-11(5-8-13(14)20-4)10-16-12-6-7-12/h5,8-9,12,16-17H,6-7,10H2,1-4H3. The van der Waals surface area contributed by atoms with E-state index in [0.29, 0.717) is 18.3 Å². The molecule has 1 fully saturated rings. The topological polar surface area (TPSA) is 67.4 Å². The van der Waals surface area contributed by atoms with E-state index in [1.165, 1.54) is 20.0 Å². The second kappa shape index (κ2) is 5.94. The average Bonchev–Trinajstić information content (AvgIpc) is 3.17. The lowest BCUT2D eigenvalue weighted by Gasteiger charge is -2.21. The maximum absolute atomic E-state index is 12.5. The van der Waals surface area contributed by atoms with E-state index in [9.17, 15) is 8.42 Å². The van der Waals surface area contributed by atoms with Crippen molar-refractivity contribution in [2.45, 2.75) is 56.6 Å². The number of rotatable bonds is 6. The highest BCUT2D eigenvalue weighted by molar-refractivity contribution is 7.89. The van der Waals surface area contributed by atoms with Crippen molar-refractivity contribution in [3.05, 3.63) is 23.8 Å². The Bertz CT molecular complexity index is 602. The third-order valence-electron chi connectivity index (χ3n) is 3.13. The number of hydrogen-bond donors (Lipinski definition) is 2. The van der Waals surface area contributed by atoms with E-state index in [1.807, 2.05) is 26.8 Å². The summed E-state index contributed by atoms with van der Waals surface area (Å²) in [5, 5.41) is 3.38. The van der Waals surface area contributed by atoms with Gasteiger partial charge in [0.1, 0.15) is 10.6 Å². The molecule has 0 aromatic heterocycles. The normalized spacial score (nSPS) is 16.0. The van der Waals surface area contributed by atoms with Crippen molar-refractivity contribution < 1.29 is 13.2 Å². The van der Waals surface area contributed by atoms with Crippen molar-refractivity contribution in [3.8, 4) is 5.75 Å². The summed E-state index contributed by atoms with van der Waals surface area (Å²) in [5.74, 6) is 0.363. The molecule has 0 amide bonds. The highest BCUT2D eigenvalue weighted by Crippen LogP contribution is 2.26. The molecule has 118 valence electrons. The van der Waals surface area contributed by atoms with Crippen LogP contribution in [0.3, 0.4) is 0 Å². The third kappa shape index (κ3) is 4.69. The van der Waals surface area contributed by atoms with E-state index >= 15 is 0 Å². The van der Waals surface area contributed by atoms with Crippen LogP contribution in [-0.4, -0.2) is 27.1 Å². The number of methoxy groups -OCH3 is 1. The first-order valence-electron chi connectivity index (χ1n) is 7.15. The molecule has 0 atom stereocenters. The van der Waals surface area contributed by atoms with E-state index in [0.717, 1.165) is 5.56 Å². The lowest BCUT2D eigenvalue weighted by molar-refractivity contribution is 0.400. The highest BCUT2D eigenvalue weighted by Gasteiger charge is 2.26. The smallest absolute Gasteiger partial charge is 0.244 e. The third-order valence-corrected chi connectivity index (χ3v) is 4.91. The predicted molar refractivity (Wildman–Crippen MR) is 82.9 cm³/mol. The first-order valence-corrected chi connectivity index (χ1v) is 8.64.